The van der Waals surface area contributed by atoms with Crippen molar-refractivity contribution in [2.24, 2.45) is 5.92 Å². The number of rotatable bonds is 4. The van der Waals surface area contributed by atoms with E-state index in [9.17, 15) is 9.90 Å². The number of benzene rings is 1. The number of aryl methyl sites for hydroxylation is 1. The first-order valence-electron chi connectivity index (χ1n) is 9.67. The lowest BCUT2D eigenvalue weighted by molar-refractivity contribution is 0.0635. The first-order valence-corrected chi connectivity index (χ1v) is 9.67. The van der Waals surface area contributed by atoms with Crippen LogP contribution in [0.4, 0.5) is 4.79 Å². The number of nitrogens with zero attached hydrogens (tertiary/aromatic N) is 3. The van der Waals surface area contributed by atoms with Crippen LogP contribution in [0.1, 0.15) is 36.0 Å². The van der Waals surface area contributed by atoms with Gasteiger partial charge in [0.25, 0.3) is 0 Å². The zero-order valence-electron chi connectivity index (χ0n) is 15.9. The second-order valence-electron chi connectivity index (χ2n) is 7.36. The van der Waals surface area contributed by atoms with E-state index in [1.807, 2.05) is 48.2 Å². The van der Waals surface area contributed by atoms with Crippen molar-refractivity contribution in [3.63, 3.8) is 0 Å². The highest BCUT2D eigenvalue weighted by Gasteiger charge is 2.28. The Labute approximate surface area is 163 Å². The van der Waals surface area contributed by atoms with Gasteiger partial charge in [0.2, 0.25) is 0 Å². The van der Waals surface area contributed by atoms with Crippen molar-refractivity contribution < 1.29 is 9.90 Å². The fourth-order valence-electron chi connectivity index (χ4n) is 3.79. The van der Waals surface area contributed by atoms with Gasteiger partial charge in [0, 0.05) is 25.8 Å². The number of aliphatic hydroxyl groups is 1. The molecule has 146 valence electrons. The second kappa shape index (κ2) is 7.98. The molecule has 2 amide bonds. The van der Waals surface area contributed by atoms with Crippen LogP contribution >= 0.6 is 0 Å². The Morgan fingerprint density at radius 1 is 1.32 bits per heavy atom. The van der Waals surface area contributed by atoms with Gasteiger partial charge in [-0.15, -0.1) is 0 Å². The molecule has 1 aliphatic rings. The van der Waals surface area contributed by atoms with Crippen LogP contribution in [0.25, 0.3) is 11.0 Å². The van der Waals surface area contributed by atoms with E-state index in [-0.39, 0.29) is 11.9 Å². The Hall–Kier alpha value is -2.93. The summed E-state index contributed by atoms with van der Waals surface area (Å²) >= 11 is 0. The number of imidazole rings is 1. The number of hydrogen-bond donors (Lipinski definition) is 3. The molecule has 0 spiro atoms. The number of aromatic nitrogens is 3. The van der Waals surface area contributed by atoms with Gasteiger partial charge in [-0.25, -0.2) is 9.78 Å². The van der Waals surface area contributed by atoms with E-state index in [4.69, 9.17) is 0 Å². The number of hydrogen-bond acceptors (Lipinski definition) is 4. The fraction of sp³-hybridized carbons (Fsp3) is 0.381. The molecule has 0 bridgehead atoms. The molecular weight excluding hydrogens is 354 g/mol. The van der Waals surface area contributed by atoms with Crippen molar-refractivity contribution in [2.75, 3.05) is 13.1 Å². The second-order valence-corrected chi connectivity index (χ2v) is 7.36. The zero-order chi connectivity index (χ0) is 19.5. The topological polar surface area (TPSA) is 94.1 Å². The number of likely N-dealkylation sites (tertiary alicyclic amines) is 1. The summed E-state index contributed by atoms with van der Waals surface area (Å²) in [4.78, 5) is 26.2. The molecule has 1 fully saturated rings. The maximum absolute atomic E-state index is 12.5. The van der Waals surface area contributed by atoms with Crippen molar-refractivity contribution >= 4 is 17.1 Å². The average molecular weight is 379 g/mol. The minimum absolute atomic E-state index is 0.0633. The Kier molecular flexibility index (Phi) is 5.25. The monoisotopic (exact) mass is 379 g/mol. The van der Waals surface area contributed by atoms with Crippen molar-refractivity contribution in [3.05, 3.63) is 59.7 Å². The van der Waals surface area contributed by atoms with Crippen LogP contribution in [-0.2, 0) is 6.54 Å². The Morgan fingerprint density at radius 3 is 2.89 bits per heavy atom. The van der Waals surface area contributed by atoms with Gasteiger partial charge >= 0.3 is 6.03 Å². The standard InChI is InChI=1S/C21H25N5O2/c1-14-24-17-6-5-15(12-19(17)25-14)13-23-21(28)26-10-7-16(8-11-26)20(27)18-4-2-3-9-22-18/h2-6,9,12,16,20,27H,7-8,10-11,13H2,1H3,(H,23,28)(H,24,25). The van der Waals surface area contributed by atoms with Crippen LogP contribution < -0.4 is 5.32 Å². The Balaban J connectivity index is 1.29. The predicted molar refractivity (Wildman–Crippen MR) is 107 cm³/mol. The van der Waals surface area contributed by atoms with Crippen LogP contribution in [0.5, 0.6) is 0 Å². The number of pyridine rings is 1. The van der Waals surface area contributed by atoms with Crippen LogP contribution in [0.15, 0.2) is 42.6 Å². The highest BCUT2D eigenvalue weighted by molar-refractivity contribution is 5.77. The molecule has 2 aromatic heterocycles. The molecule has 4 rings (SSSR count). The molecule has 28 heavy (non-hydrogen) atoms. The molecule has 3 aromatic rings. The molecule has 1 aliphatic heterocycles. The number of piperidine rings is 1. The van der Waals surface area contributed by atoms with E-state index in [1.54, 1.807) is 6.20 Å². The van der Waals surface area contributed by atoms with Gasteiger partial charge < -0.3 is 20.3 Å². The van der Waals surface area contributed by atoms with Crippen molar-refractivity contribution in [3.8, 4) is 0 Å². The van der Waals surface area contributed by atoms with E-state index < -0.39 is 6.10 Å². The third-order valence-electron chi connectivity index (χ3n) is 5.37. The van der Waals surface area contributed by atoms with Crippen LogP contribution in [0, 0.1) is 12.8 Å². The summed E-state index contributed by atoms with van der Waals surface area (Å²) in [7, 11) is 0. The number of urea groups is 1. The predicted octanol–water partition coefficient (Wildman–Crippen LogP) is 2.92. The minimum atomic E-state index is -0.573. The lowest BCUT2D eigenvalue weighted by atomic mass is 9.89. The van der Waals surface area contributed by atoms with Crippen molar-refractivity contribution in [1.82, 2.24) is 25.2 Å². The zero-order valence-corrected chi connectivity index (χ0v) is 15.9. The number of amides is 2. The summed E-state index contributed by atoms with van der Waals surface area (Å²) in [5.74, 6) is 1.01. The number of nitrogens with one attached hydrogen (secondary N) is 2. The number of aromatic amines is 1. The maximum atomic E-state index is 12.5. The van der Waals surface area contributed by atoms with Crippen LogP contribution in [0.2, 0.25) is 0 Å². The van der Waals surface area contributed by atoms with Crippen molar-refractivity contribution in [2.45, 2.75) is 32.4 Å². The number of aliphatic hydroxyl groups excluding tert-OH is 1. The van der Waals surface area contributed by atoms with Crippen molar-refractivity contribution in [1.29, 1.82) is 0 Å². The van der Waals surface area contributed by atoms with Gasteiger partial charge in [0.05, 0.1) is 22.8 Å². The average Bonchev–Trinajstić information content (AvgIpc) is 3.11. The third-order valence-corrected chi connectivity index (χ3v) is 5.37. The molecule has 0 saturated carbocycles. The summed E-state index contributed by atoms with van der Waals surface area (Å²) in [6, 6.07) is 11.5. The summed E-state index contributed by atoms with van der Waals surface area (Å²) < 4.78 is 0. The summed E-state index contributed by atoms with van der Waals surface area (Å²) in [5.41, 5.74) is 3.65. The number of carbonyl (C=O) groups excluding carboxylic acids is 1. The van der Waals surface area contributed by atoms with E-state index in [1.165, 1.54) is 0 Å². The molecule has 1 saturated heterocycles. The quantitative estimate of drug-likeness (QED) is 0.650. The molecule has 0 aliphatic carbocycles. The number of carbonyl (C=O) groups is 1. The molecule has 1 unspecified atom stereocenters. The van der Waals surface area contributed by atoms with E-state index in [0.29, 0.717) is 25.3 Å². The highest BCUT2D eigenvalue weighted by Crippen LogP contribution is 2.29. The minimum Gasteiger partial charge on any atom is -0.387 e. The summed E-state index contributed by atoms with van der Waals surface area (Å²) in [6.45, 7) is 3.68. The molecule has 3 heterocycles. The van der Waals surface area contributed by atoms with Gasteiger partial charge in [0.1, 0.15) is 5.82 Å². The lowest BCUT2D eigenvalue weighted by Crippen LogP contribution is -2.45. The van der Waals surface area contributed by atoms with E-state index in [0.717, 1.165) is 35.3 Å². The maximum Gasteiger partial charge on any atom is 0.317 e. The van der Waals surface area contributed by atoms with Crippen LogP contribution in [0.3, 0.4) is 0 Å². The molecule has 7 heteroatoms. The third kappa shape index (κ3) is 3.99. The fourth-order valence-corrected chi connectivity index (χ4v) is 3.79. The highest BCUT2D eigenvalue weighted by atomic mass is 16.3. The first kappa shape index (κ1) is 18.4. The smallest absolute Gasteiger partial charge is 0.317 e. The molecule has 0 radical (unpaired) electrons. The normalized spacial score (nSPS) is 16.3. The lowest BCUT2D eigenvalue weighted by Gasteiger charge is -2.34. The molecule has 1 aromatic carbocycles. The SMILES string of the molecule is Cc1nc2ccc(CNC(=O)N3CCC(C(O)c4ccccn4)CC3)cc2[nH]1. The molecule has 1 atom stereocenters. The van der Waals surface area contributed by atoms with Gasteiger partial charge in [-0.1, -0.05) is 12.1 Å². The Bertz CT molecular complexity index is 948. The molecule has 3 N–H and O–H groups in total. The summed E-state index contributed by atoms with van der Waals surface area (Å²) in [6.07, 6.45) is 2.66. The van der Waals surface area contributed by atoms with Gasteiger partial charge in [-0.05, 0) is 55.5 Å². The number of fused-ring (bicyclic) bond motifs is 1. The molecule has 7 nitrogen and oxygen atoms in total. The van der Waals surface area contributed by atoms with Gasteiger partial charge in [-0.2, -0.15) is 0 Å². The van der Waals surface area contributed by atoms with E-state index in [2.05, 4.69) is 20.3 Å². The van der Waals surface area contributed by atoms with Gasteiger partial charge in [-0.3, -0.25) is 4.98 Å². The van der Waals surface area contributed by atoms with Crippen LogP contribution in [-0.4, -0.2) is 44.1 Å². The Morgan fingerprint density at radius 2 is 2.14 bits per heavy atom. The number of H-pyrrole nitrogens is 1. The largest absolute Gasteiger partial charge is 0.387 e. The summed E-state index contributed by atoms with van der Waals surface area (Å²) in [5, 5.41) is 13.5. The van der Waals surface area contributed by atoms with E-state index >= 15 is 0 Å². The van der Waals surface area contributed by atoms with Gasteiger partial charge in [0.15, 0.2) is 0 Å². The first-order chi connectivity index (χ1) is 13.6. The molecular formula is C21H25N5O2.